The largest absolute Gasteiger partial charge is 0.497 e. The third-order valence-electron chi connectivity index (χ3n) is 4.19. The summed E-state index contributed by atoms with van der Waals surface area (Å²) < 4.78 is 10.4. The standard InChI is InChI=1S/C19H30N2O4/c1-8-19(4,5)21-18(23)16(12(2)3)20-17(22)13-9-14(24-6)11-15(10-13)25-7/h9-12,16H,8H2,1-7H3,(H,20,22)(H,21,23)/t16-/m0/s1. The van der Waals surface area contributed by atoms with Gasteiger partial charge in [0.2, 0.25) is 5.91 Å². The van der Waals surface area contributed by atoms with E-state index >= 15 is 0 Å². The minimum Gasteiger partial charge on any atom is -0.497 e. The molecule has 1 rings (SSSR count). The average molecular weight is 350 g/mol. The number of carbonyl (C=O) groups is 2. The first-order chi connectivity index (χ1) is 11.6. The van der Waals surface area contributed by atoms with Gasteiger partial charge in [0, 0.05) is 17.2 Å². The van der Waals surface area contributed by atoms with Gasteiger partial charge >= 0.3 is 0 Å². The van der Waals surface area contributed by atoms with Crippen LogP contribution in [0.3, 0.4) is 0 Å². The number of benzene rings is 1. The summed E-state index contributed by atoms with van der Waals surface area (Å²) >= 11 is 0. The van der Waals surface area contributed by atoms with E-state index in [0.29, 0.717) is 17.1 Å². The van der Waals surface area contributed by atoms with Crippen molar-refractivity contribution in [1.29, 1.82) is 0 Å². The first kappa shape index (κ1) is 20.8. The monoisotopic (exact) mass is 350 g/mol. The summed E-state index contributed by atoms with van der Waals surface area (Å²) in [6, 6.07) is 4.29. The predicted molar refractivity (Wildman–Crippen MR) is 98.2 cm³/mol. The van der Waals surface area contributed by atoms with E-state index in [1.807, 2.05) is 34.6 Å². The Bertz CT molecular complexity index is 589. The Morgan fingerprint density at radius 3 is 2.00 bits per heavy atom. The topological polar surface area (TPSA) is 76.7 Å². The zero-order valence-electron chi connectivity index (χ0n) is 16.2. The molecule has 0 saturated heterocycles. The molecule has 1 aromatic carbocycles. The summed E-state index contributed by atoms with van der Waals surface area (Å²) in [7, 11) is 3.04. The Kier molecular flexibility index (Phi) is 7.27. The van der Waals surface area contributed by atoms with Gasteiger partial charge in [0.05, 0.1) is 14.2 Å². The maximum atomic E-state index is 12.6. The van der Waals surface area contributed by atoms with Crippen LogP contribution in [0, 0.1) is 5.92 Å². The van der Waals surface area contributed by atoms with Gasteiger partial charge in [-0.05, 0) is 38.3 Å². The summed E-state index contributed by atoms with van der Waals surface area (Å²) in [6.07, 6.45) is 0.796. The number of hydrogen-bond acceptors (Lipinski definition) is 4. The van der Waals surface area contributed by atoms with Crippen LogP contribution in [0.4, 0.5) is 0 Å². The normalized spacial score (nSPS) is 12.5. The number of amides is 2. The number of ether oxygens (including phenoxy) is 2. The van der Waals surface area contributed by atoms with E-state index < -0.39 is 6.04 Å². The molecule has 0 saturated carbocycles. The van der Waals surface area contributed by atoms with Crippen molar-refractivity contribution in [3.05, 3.63) is 23.8 Å². The van der Waals surface area contributed by atoms with Crippen LogP contribution < -0.4 is 20.1 Å². The van der Waals surface area contributed by atoms with Crippen molar-refractivity contribution in [2.24, 2.45) is 5.92 Å². The molecule has 0 aromatic heterocycles. The number of hydrogen-bond donors (Lipinski definition) is 2. The van der Waals surface area contributed by atoms with Gasteiger partial charge in [-0.2, -0.15) is 0 Å². The maximum absolute atomic E-state index is 12.6. The lowest BCUT2D eigenvalue weighted by Gasteiger charge is -2.29. The second-order valence-electron chi connectivity index (χ2n) is 7.02. The van der Waals surface area contributed by atoms with Crippen LogP contribution in [0.1, 0.15) is 51.4 Å². The van der Waals surface area contributed by atoms with E-state index in [4.69, 9.17) is 9.47 Å². The Morgan fingerprint density at radius 1 is 1.08 bits per heavy atom. The quantitative estimate of drug-likeness (QED) is 0.756. The molecule has 0 unspecified atom stereocenters. The molecule has 25 heavy (non-hydrogen) atoms. The van der Waals surface area contributed by atoms with Crippen LogP contribution in [0.2, 0.25) is 0 Å². The van der Waals surface area contributed by atoms with Crippen LogP contribution in [0.15, 0.2) is 18.2 Å². The molecule has 0 heterocycles. The van der Waals surface area contributed by atoms with Crippen molar-refractivity contribution in [2.75, 3.05) is 14.2 Å². The molecule has 2 amide bonds. The van der Waals surface area contributed by atoms with Crippen LogP contribution in [0.25, 0.3) is 0 Å². The van der Waals surface area contributed by atoms with E-state index in [2.05, 4.69) is 10.6 Å². The average Bonchev–Trinajstić information content (AvgIpc) is 2.57. The Morgan fingerprint density at radius 2 is 1.60 bits per heavy atom. The second kappa shape index (κ2) is 8.74. The van der Waals surface area contributed by atoms with Crippen LogP contribution in [-0.4, -0.2) is 37.6 Å². The molecule has 140 valence electrons. The van der Waals surface area contributed by atoms with Gasteiger partial charge in [-0.15, -0.1) is 0 Å². The van der Waals surface area contributed by atoms with Crippen molar-refractivity contribution in [3.8, 4) is 11.5 Å². The van der Waals surface area contributed by atoms with Crippen LogP contribution in [-0.2, 0) is 4.79 Å². The molecular formula is C19H30N2O4. The fourth-order valence-electron chi connectivity index (χ4n) is 2.20. The fourth-order valence-corrected chi connectivity index (χ4v) is 2.20. The van der Waals surface area contributed by atoms with Gasteiger partial charge in [0.15, 0.2) is 0 Å². The van der Waals surface area contributed by atoms with Crippen molar-refractivity contribution in [1.82, 2.24) is 10.6 Å². The molecule has 1 atom stereocenters. The molecule has 0 fully saturated rings. The summed E-state index contributed by atoms with van der Waals surface area (Å²) in [4.78, 5) is 25.2. The maximum Gasteiger partial charge on any atom is 0.252 e. The van der Waals surface area contributed by atoms with Crippen molar-refractivity contribution < 1.29 is 19.1 Å². The molecule has 0 aliphatic carbocycles. The third kappa shape index (κ3) is 5.96. The zero-order valence-corrected chi connectivity index (χ0v) is 16.2. The Labute approximate surface area is 150 Å². The van der Waals surface area contributed by atoms with E-state index in [0.717, 1.165) is 6.42 Å². The lowest BCUT2D eigenvalue weighted by Crippen LogP contribution is -2.54. The molecule has 0 aliphatic heterocycles. The molecule has 2 N–H and O–H groups in total. The van der Waals surface area contributed by atoms with Crippen molar-refractivity contribution in [3.63, 3.8) is 0 Å². The number of nitrogens with one attached hydrogen (secondary N) is 2. The first-order valence-electron chi connectivity index (χ1n) is 8.49. The van der Waals surface area contributed by atoms with Gasteiger partial charge in [-0.1, -0.05) is 20.8 Å². The van der Waals surface area contributed by atoms with Gasteiger partial charge in [0.25, 0.3) is 5.91 Å². The lowest BCUT2D eigenvalue weighted by atomic mass is 9.98. The summed E-state index contributed by atoms with van der Waals surface area (Å²) in [6.45, 7) is 9.71. The van der Waals surface area contributed by atoms with E-state index in [9.17, 15) is 9.59 Å². The van der Waals surface area contributed by atoms with Crippen LogP contribution >= 0.6 is 0 Å². The molecule has 6 heteroatoms. The van der Waals surface area contributed by atoms with Crippen molar-refractivity contribution >= 4 is 11.8 Å². The van der Waals surface area contributed by atoms with Gasteiger partial charge in [-0.25, -0.2) is 0 Å². The SMILES string of the molecule is CCC(C)(C)NC(=O)[C@@H](NC(=O)c1cc(OC)cc(OC)c1)C(C)C. The van der Waals surface area contributed by atoms with E-state index in [-0.39, 0.29) is 23.3 Å². The highest BCUT2D eigenvalue weighted by atomic mass is 16.5. The summed E-state index contributed by atoms with van der Waals surface area (Å²) in [5, 5.41) is 5.81. The molecule has 0 bridgehead atoms. The molecule has 0 aliphatic rings. The molecule has 6 nitrogen and oxygen atoms in total. The molecular weight excluding hydrogens is 320 g/mol. The van der Waals surface area contributed by atoms with Crippen LogP contribution in [0.5, 0.6) is 11.5 Å². The minimum absolute atomic E-state index is 0.0518. The zero-order chi connectivity index (χ0) is 19.2. The van der Waals surface area contributed by atoms with E-state index in [1.165, 1.54) is 14.2 Å². The fraction of sp³-hybridized carbons (Fsp3) is 0.579. The number of carbonyl (C=O) groups excluding carboxylic acids is 2. The second-order valence-corrected chi connectivity index (χ2v) is 7.02. The molecule has 1 aromatic rings. The molecule has 0 radical (unpaired) electrons. The van der Waals surface area contributed by atoms with Gasteiger partial charge in [0.1, 0.15) is 17.5 Å². The molecule has 0 spiro atoms. The highest BCUT2D eigenvalue weighted by Crippen LogP contribution is 2.22. The van der Waals surface area contributed by atoms with Gasteiger partial charge < -0.3 is 20.1 Å². The van der Waals surface area contributed by atoms with E-state index in [1.54, 1.807) is 18.2 Å². The summed E-state index contributed by atoms with van der Waals surface area (Å²) in [5.74, 6) is 0.443. The summed E-state index contributed by atoms with van der Waals surface area (Å²) in [5.41, 5.74) is 0.0538. The highest BCUT2D eigenvalue weighted by Gasteiger charge is 2.28. The Hall–Kier alpha value is -2.24. The minimum atomic E-state index is -0.629. The Balaban J connectivity index is 2.99. The highest BCUT2D eigenvalue weighted by molar-refractivity contribution is 5.98. The number of rotatable bonds is 8. The van der Waals surface area contributed by atoms with Gasteiger partial charge in [-0.3, -0.25) is 9.59 Å². The third-order valence-corrected chi connectivity index (χ3v) is 4.19. The first-order valence-corrected chi connectivity index (χ1v) is 8.49. The predicted octanol–water partition coefficient (Wildman–Crippen LogP) is 2.76. The lowest BCUT2D eigenvalue weighted by molar-refractivity contribution is -0.125. The van der Waals surface area contributed by atoms with Crippen molar-refractivity contribution in [2.45, 2.75) is 52.6 Å². The smallest absolute Gasteiger partial charge is 0.252 e. The number of methoxy groups -OCH3 is 2.